The maximum atomic E-state index is 12.3. The molecule has 8 nitrogen and oxygen atoms in total. The molecule has 0 aromatic carbocycles. The second-order valence-corrected chi connectivity index (χ2v) is 7.48. The topological polar surface area (TPSA) is 97.8 Å². The SMILES string of the molecule is Cc1c(NC2CCCN(C(=O)OC(C)(C)C)C2)nc2ccnn2c1N. The molecule has 1 atom stereocenters. The molecule has 0 aliphatic carbocycles. The van der Waals surface area contributed by atoms with Gasteiger partial charge >= 0.3 is 6.09 Å². The Morgan fingerprint density at radius 2 is 2.20 bits per heavy atom. The summed E-state index contributed by atoms with van der Waals surface area (Å²) >= 11 is 0. The van der Waals surface area contributed by atoms with Crippen molar-refractivity contribution in [3.63, 3.8) is 0 Å². The van der Waals surface area contributed by atoms with Crippen LogP contribution in [0.5, 0.6) is 0 Å². The predicted octanol–water partition coefficient (Wildman–Crippen LogP) is 2.43. The largest absolute Gasteiger partial charge is 0.444 e. The maximum absolute atomic E-state index is 12.3. The number of anilines is 2. The van der Waals surface area contributed by atoms with Crippen molar-refractivity contribution in [2.45, 2.75) is 52.2 Å². The highest BCUT2D eigenvalue weighted by molar-refractivity contribution is 5.68. The van der Waals surface area contributed by atoms with Gasteiger partial charge in [0.15, 0.2) is 5.65 Å². The minimum Gasteiger partial charge on any atom is -0.444 e. The van der Waals surface area contributed by atoms with Gasteiger partial charge in [0, 0.05) is 30.8 Å². The lowest BCUT2D eigenvalue weighted by Crippen LogP contribution is -2.47. The molecule has 8 heteroatoms. The fraction of sp³-hybridized carbons (Fsp3) is 0.588. The first-order chi connectivity index (χ1) is 11.7. The minimum absolute atomic E-state index is 0.109. The molecular formula is C17H26N6O2. The molecule has 1 aliphatic heterocycles. The highest BCUT2D eigenvalue weighted by Crippen LogP contribution is 2.23. The monoisotopic (exact) mass is 346 g/mol. The second kappa shape index (κ2) is 6.42. The number of nitrogens with zero attached hydrogens (tertiary/aromatic N) is 4. The molecule has 0 radical (unpaired) electrons. The van der Waals surface area contributed by atoms with Crippen molar-refractivity contribution in [3.8, 4) is 0 Å². The zero-order valence-electron chi connectivity index (χ0n) is 15.2. The average molecular weight is 346 g/mol. The summed E-state index contributed by atoms with van der Waals surface area (Å²) in [5.41, 5.74) is 7.21. The molecule has 3 N–H and O–H groups in total. The van der Waals surface area contributed by atoms with Crippen LogP contribution in [0.4, 0.5) is 16.4 Å². The van der Waals surface area contributed by atoms with E-state index in [2.05, 4.69) is 15.4 Å². The van der Waals surface area contributed by atoms with E-state index in [-0.39, 0.29) is 12.1 Å². The minimum atomic E-state index is -0.489. The van der Waals surface area contributed by atoms with Crippen molar-refractivity contribution in [1.29, 1.82) is 0 Å². The molecule has 1 aliphatic rings. The zero-order valence-corrected chi connectivity index (χ0v) is 15.2. The predicted molar refractivity (Wildman–Crippen MR) is 96.6 cm³/mol. The molecule has 3 heterocycles. The van der Waals surface area contributed by atoms with Crippen LogP contribution in [0.25, 0.3) is 5.65 Å². The van der Waals surface area contributed by atoms with Crippen LogP contribution in [0.1, 0.15) is 39.2 Å². The first-order valence-corrected chi connectivity index (χ1v) is 8.59. The van der Waals surface area contributed by atoms with Crippen molar-refractivity contribution in [2.24, 2.45) is 0 Å². The van der Waals surface area contributed by atoms with Crippen molar-refractivity contribution >= 4 is 23.4 Å². The number of nitrogens with one attached hydrogen (secondary N) is 1. The zero-order chi connectivity index (χ0) is 18.2. The highest BCUT2D eigenvalue weighted by Gasteiger charge is 2.28. The number of amides is 1. The van der Waals surface area contributed by atoms with Gasteiger partial charge in [-0.2, -0.15) is 9.61 Å². The Bertz CT molecular complexity index is 779. The molecule has 1 unspecified atom stereocenters. The summed E-state index contributed by atoms with van der Waals surface area (Å²) in [6.45, 7) is 8.84. The Morgan fingerprint density at radius 3 is 2.92 bits per heavy atom. The van der Waals surface area contributed by atoms with Gasteiger partial charge in [-0.25, -0.2) is 9.78 Å². The molecule has 0 bridgehead atoms. The van der Waals surface area contributed by atoms with E-state index in [4.69, 9.17) is 10.5 Å². The van der Waals surface area contributed by atoms with Crippen LogP contribution in [0.2, 0.25) is 0 Å². The number of rotatable bonds is 2. The molecule has 1 saturated heterocycles. The molecule has 2 aromatic heterocycles. The molecule has 1 amide bonds. The summed E-state index contributed by atoms with van der Waals surface area (Å²) in [5, 5.41) is 7.61. The van der Waals surface area contributed by atoms with Crippen LogP contribution in [-0.2, 0) is 4.74 Å². The first-order valence-electron chi connectivity index (χ1n) is 8.59. The molecule has 1 fully saturated rings. The number of ether oxygens (including phenoxy) is 1. The highest BCUT2D eigenvalue weighted by atomic mass is 16.6. The first kappa shape index (κ1) is 17.3. The summed E-state index contributed by atoms with van der Waals surface area (Å²) in [4.78, 5) is 18.6. The van der Waals surface area contributed by atoms with Gasteiger partial charge in [0.1, 0.15) is 17.2 Å². The quantitative estimate of drug-likeness (QED) is 0.867. The molecule has 3 rings (SSSR count). The van der Waals surface area contributed by atoms with E-state index in [0.29, 0.717) is 24.6 Å². The van der Waals surface area contributed by atoms with Gasteiger partial charge in [0.25, 0.3) is 0 Å². The lowest BCUT2D eigenvalue weighted by molar-refractivity contribution is 0.0206. The van der Waals surface area contributed by atoms with Crippen LogP contribution in [0.15, 0.2) is 12.3 Å². The van der Waals surface area contributed by atoms with Gasteiger partial charge < -0.3 is 20.7 Å². The Kier molecular flexibility index (Phi) is 4.45. The summed E-state index contributed by atoms with van der Waals surface area (Å²) in [7, 11) is 0. The summed E-state index contributed by atoms with van der Waals surface area (Å²) in [5.74, 6) is 1.30. The third kappa shape index (κ3) is 3.78. The molecule has 136 valence electrons. The Labute approximate surface area is 147 Å². The van der Waals surface area contributed by atoms with Gasteiger partial charge in [-0.05, 0) is 40.5 Å². The van der Waals surface area contributed by atoms with Gasteiger partial charge in [-0.15, -0.1) is 0 Å². The number of carbonyl (C=O) groups excluding carboxylic acids is 1. The standard InChI is InChI=1S/C17H26N6O2/c1-11-14(18)23-13(7-8-19-23)21-15(11)20-12-6-5-9-22(10-12)16(24)25-17(2,3)4/h7-8,12H,5-6,9-10,18H2,1-4H3,(H,20,21). The van der Waals surface area contributed by atoms with E-state index in [1.165, 1.54) is 0 Å². The van der Waals surface area contributed by atoms with Crippen LogP contribution in [0, 0.1) is 6.92 Å². The van der Waals surface area contributed by atoms with Crippen LogP contribution in [-0.4, -0.2) is 50.3 Å². The third-order valence-corrected chi connectivity index (χ3v) is 4.23. The number of nitrogens with two attached hydrogens (primary N) is 1. The van der Waals surface area contributed by atoms with Crippen molar-refractivity contribution < 1.29 is 9.53 Å². The number of nitrogen functional groups attached to an aromatic ring is 1. The maximum Gasteiger partial charge on any atom is 0.410 e. The summed E-state index contributed by atoms with van der Waals surface area (Å²) in [6.07, 6.45) is 3.28. The second-order valence-electron chi connectivity index (χ2n) is 7.48. The van der Waals surface area contributed by atoms with Gasteiger partial charge in [0.2, 0.25) is 0 Å². The fourth-order valence-corrected chi connectivity index (χ4v) is 2.97. The number of aromatic nitrogens is 3. The van der Waals surface area contributed by atoms with E-state index < -0.39 is 5.60 Å². The number of likely N-dealkylation sites (tertiary alicyclic amines) is 1. The Balaban J connectivity index is 1.73. The van der Waals surface area contributed by atoms with Gasteiger partial charge in [-0.3, -0.25) is 0 Å². The van der Waals surface area contributed by atoms with Crippen molar-refractivity contribution in [1.82, 2.24) is 19.5 Å². The van der Waals surface area contributed by atoms with Crippen molar-refractivity contribution in [3.05, 3.63) is 17.8 Å². The molecular weight excluding hydrogens is 320 g/mol. The number of piperidine rings is 1. The van der Waals surface area contributed by atoms with Crippen LogP contribution in [0.3, 0.4) is 0 Å². The van der Waals surface area contributed by atoms with Crippen LogP contribution >= 0.6 is 0 Å². The summed E-state index contributed by atoms with van der Waals surface area (Å²) in [6, 6.07) is 1.92. The summed E-state index contributed by atoms with van der Waals surface area (Å²) < 4.78 is 7.10. The number of hydrogen-bond acceptors (Lipinski definition) is 6. The van der Waals surface area contributed by atoms with Gasteiger partial charge in [-0.1, -0.05) is 0 Å². The Hall–Kier alpha value is -2.51. The van der Waals surface area contributed by atoms with Crippen molar-refractivity contribution in [2.75, 3.05) is 24.1 Å². The lowest BCUT2D eigenvalue weighted by Gasteiger charge is -2.34. The van der Waals surface area contributed by atoms with Gasteiger partial charge in [0.05, 0.1) is 6.20 Å². The average Bonchev–Trinajstić information content (AvgIpc) is 2.99. The molecule has 2 aromatic rings. The third-order valence-electron chi connectivity index (χ3n) is 4.23. The van der Waals surface area contributed by atoms with Crippen LogP contribution < -0.4 is 11.1 Å². The lowest BCUT2D eigenvalue weighted by atomic mass is 10.1. The van der Waals surface area contributed by atoms with E-state index in [0.717, 1.165) is 24.2 Å². The molecule has 0 spiro atoms. The number of fused-ring (bicyclic) bond motifs is 1. The van der Waals surface area contributed by atoms with E-state index in [1.807, 2.05) is 33.8 Å². The number of carbonyl (C=O) groups is 1. The van der Waals surface area contributed by atoms with E-state index in [1.54, 1.807) is 15.6 Å². The molecule has 25 heavy (non-hydrogen) atoms. The smallest absolute Gasteiger partial charge is 0.410 e. The normalized spacial score (nSPS) is 18.4. The van der Waals surface area contributed by atoms with E-state index in [9.17, 15) is 4.79 Å². The Morgan fingerprint density at radius 1 is 1.44 bits per heavy atom. The molecule has 0 saturated carbocycles. The van der Waals surface area contributed by atoms with E-state index >= 15 is 0 Å². The number of hydrogen-bond donors (Lipinski definition) is 2. The fourth-order valence-electron chi connectivity index (χ4n) is 2.97.